The van der Waals surface area contributed by atoms with E-state index in [2.05, 4.69) is 53.2 Å². The van der Waals surface area contributed by atoms with Crippen molar-refractivity contribution in [3.05, 3.63) is 35.9 Å². The fourth-order valence-corrected chi connectivity index (χ4v) is 3.75. The molecule has 3 N–H and O–H groups in total. The van der Waals surface area contributed by atoms with Crippen molar-refractivity contribution in [1.82, 2.24) is 16.0 Å². The van der Waals surface area contributed by atoms with Crippen LogP contribution in [0.5, 0.6) is 0 Å². The van der Waals surface area contributed by atoms with E-state index >= 15 is 0 Å². The first-order valence-electron chi connectivity index (χ1n) is 9.47. The normalized spacial score (nSPS) is 20.7. The van der Waals surface area contributed by atoms with Gasteiger partial charge in [-0.3, -0.25) is 4.79 Å². The number of carbonyl (C=O) groups is 1. The summed E-state index contributed by atoms with van der Waals surface area (Å²) >= 11 is 0. The number of nitrogens with one attached hydrogen (secondary N) is 3. The average Bonchev–Trinajstić information content (AvgIpc) is 3.31. The quantitative estimate of drug-likeness (QED) is 0.653. The summed E-state index contributed by atoms with van der Waals surface area (Å²) in [5.74, 6) is 0.934. The molecule has 2 aliphatic carbocycles. The minimum atomic E-state index is 0.0431. The molecule has 1 aromatic rings. The maximum atomic E-state index is 12.1. The Bertz CT molecular complexity index is 521. The molecule has 4 heteroatoms. The number of benzene rings is 1. The first-order chi connectivity index (χ1) is 11.7. The van der Waals surface area contributed by atoms with Crippen LogP contribution in [0, 0.1) is 5.92 Å². The maximum Gasteiger partial charge on any atom is 0.234 e. The molecule has 0 heterocycles. The second-order valence-electron chi connectivity index (χ2n) is 7.62. The fraction of sp³-hybridized carbons (Fsp3) is 0.650. The summed E-state index contributed by atoms with van der Waals surface area (Å²) < 4.78 is 0. The van der Waals surface area contributed by atoms with Gasteiger partial charge >= 0.3 is 0 Å². The van der Waals surface area contributed by atoms with E-state index in [9.17, 15) is 4.79 Å². The topological polar surface area (TPSA) is 53.2 Å². The first-order valence-corrected chi connectivity index (χ1v) is 9.47. The third kappa shape index (κ3) is 5.05. The van der Waals surface area contributed by atoms with Crippen LogP contribution in [0.3, 0.4) is 0 Å². The van der Waals surface area contributed by atoms with E-state index in [0.29, 0.717) is 12.6 Å². The van der Waals surface area contributed by atoms with E-state index in [-0.39, 0.29) is 11.4 Å². The van der Waals surface area contributed by atoms with Gasteiger partial charge in [-0.15, -0.1) is 0 Å². The molecule has 132 valence electrons. The van der Waals surface area contributed by atoms with Crippen LogP contribution in [-0.2, 0) is 4.79 Å². The van der Waals surface area contributed by atoms with Crippen molar-refractivity contribution in [2.75, 3.05) is 19.6 Å². The molecule has 4 nitrogen and oxygen atoms in total. The van der Waals surface area contributed by atoms with Crippen LogP contribution in [0.2, 0.25) is 0 Å². The Morgan fingerprint density at radius 1 is 1.21 bits per heavy atom. The SMILES string of the molecule is CC(NC1(CNC(=O)CNCC2CC2)CCCC1)c1ccccc1. The summed E-state index contributed by atoms with van der Waals surface area (Å²) in [4.78, 5) is 12.1. The largest absolute Gasteiger partial charge is 0.353 e. The van der Waals surface area contributed by atoms with Gasteiger partial charge < -0.3 is 16.0 Å². The number of hydrogen-bond donors (Lipinski definition) is 3. The molecule has 0 aromatic heterocycles. The molecule has 0 radical (unpaired) electrons. The molecule has 1 amide bonds. The number of carbonyl (C=O) groups excluding carboxylic acids is 1. The fourth-order valence-electron chi connectivity index (χ4n) is 3.75. The van der Waals surface area contributed by atoms with Gasteiger partial charge in [0, 0.05) is 18.1 Å². The predicted molar refractivity (Wildman–Crippen MR) is 97.8 cm³/mol. The van der Waals surface area contributed by atoms with Gasteiger partial charge in [0.1, 0.15) is 0 Å². The number of rotatable bonds is 9. The molecule has 1 aromatic carbocycles. The van der Waals surface area contributed by atoms with Crippen LogP contribution in [0.25, 0.3) is 0 Å². The number of hydrogen-bond acceptors (Lipinski definition) is 3. The molecule has 0 saturated heterocycles. The van der Waals surface area contributed by atoms with Crippen molar-refractivity contribution < 1.29 is 4.79 Å². The molecule has 2 aliphatic rings. The van der Waals surface area contributed by atoms with Crippen molar-refractivity contribution in [2.45, 2.75) is 57.0 Å². The number of amides is 1. The van der Waals surface area contributed by atoms with Crippen molar-refractivity contribution in [1.29, 1.82) is 0 Å². The van der Waals surface area contributed by atoms with E-state index in [1.807, 2.05) is 0 Å². The lowest BCUT2D eigenvalue weighted by molar-refractivity contribution is -0.120. The zero-order valence-electron chi connectivity index (χ0n) is 14.8. The van der Waals surface area contributed by atoms with Crippen LogP contribution in [0.4, 0.5) is 0 Å². The first kappa shape index (κ1) is 17.4. The lowest BCUT2D eigenvalue weighted by Gasteiger charge is -2.34. The average molecular weight is 329 g/mol. The maximum absolute atomic E-state index is 12.1. The smallest absolute Gasteiger partial charge is 0.234 e. The van der Waals surface area contributed by atoms with Gasteiger partial charge in [0.05, 0.1) is 6.54 Å². The van der Waals surface area contributed by atoms with E-state index in [4.69, 9.17) is 0 Å². The van der Waals surface area contributed by atoms with E-state index in [1.165, 1.54) is 31.2 Å². The Morgan fingerprint density at radius 2 is 1.92 bits per heavy atom. The lowest BCUT2D eigenvalue weighted by atomic mass is 9.94. The molecule has 1 unspecified atom stereocenters. The van der Waals surface area contributed by atoms with Crippen molar-refractivity contribution in [3.8, 4) is 0 Å². The lowest BCUT2D eigenvalue weighted by Crippen LogP contribution is -2.53. The zero-order chi connectivity index (χ0) is 16.8. The second-order valence-corrected chi connectivity index (χ2v) is 7.62. The molecule has 24 heavy (non-hydrogen) atoms. The summed E-state index contributed by atoms with van der Waals surface area (Å²) in [5.41, 5.74) is 1.35. The Kier molecular flexibility index (Phi) is 5.90. The monoisotopic (exact) mass is 329 g/mol. The van der Waals surface area contributed by atoms with Gasteiger partial charge in [0.15, 0.2) is 0 Å². The molecule has 0 aliphatic heterocycles. The van der Waals surface area contributed by atoms with Crippen LogP contribution >= 0.6 is 0 Å². The van der Waals surface area contributed by atoms with Crippen molar-refractivity contribution in [2.24, 2.45) is 5.92 Å². The summed E-state index contributed by atoms with van der Waals surface area (Å²) in [6.07, 6.45) is 7.40. The van der Waals surface area contributed by atoms with E-state index in [0.717, 1.165) is 31.8 Å². The standard InChI is InChI=1S/C20H31N3O/c1-16(18-7-3-2-4-8-18)23-20(11-5-6-12-20)15-22-19(24)14-21-13-17-9-10-17/h2-4,7-8,16-17,21,23H,5-6,9-15H2,1H3,(H,22,24). The summed E-state index contributed by atoms with van der Waals surface area (Å²) in [7, 11) is 0. The molecular weight excluding hydrogens is 298 g/mol. The third-order valence-electron chi connectivity index (χ3n) is 5.42. The highest BCUT2D eigenvalue weighted by molar-refractivity contribution is 5.78. The van der Waals surface area contributed by atoms with Gasteiger partial charge in [-0.25, -0.2) is 0 Å². The minimum Gasteiger partial charge on any atom is -0.353 e. The highest BCUT2D eigenvalue weighted by atomic mass is 16.1. The predicted octanol–water partition coefficient (Wildman–Crippen LogP) is 2.77. The summed E-state index contributed by atoms with van der Waals surface area (Å²) in [6.45, 7) is 4.38. The minimum absolute atomic E-state index is 0.0431. The van der Waals surface area contributed by atoms with Gasteiger partial charge in [-0.1, -0.05) is 43.2 Å². The summed E-state index contributed by atoms with van der Waals surface area (Å²) in [6, 6.07) is 10.9. The summed E-state index contributed by atoms with van der Waals surface area (Å²) in [5, 5.41) is 10.2. The highest BCUT2D eigenvalue weighted by Gasteiger charge is 2.35. The molecule has 2 fully saturated rings. The molecule has 0 bridgehead atoms. The van der Waals surface area contributed by atoms with Crippen molar-refractivity contribution >= 4 is 5.91 Å². The van der Waals surface area contributed by atoms with Gasteiger partial charge in [-0.05, 0) is 50.6 Å². The van der Waals surface area contributed by atoms with Gasteiger partial charge in [0.2, 0.25) is 5.91 Å². The second kappa shape index (κ2) is 8.13. The van der Waals surface area contributed by atoms with Crippen LogP contribution < -0.4 is 16.0 Å². The zero-order valence-corrected chi connectivity index (χ0v) is 14.8. The molecule has 1 atom stereocenters. The van der Waals surface area contributed by atoms with Crippen molar-refractivity contribution in [3.63, 3.8) is 0 Å². The van der Waals surface area contributed by atoms with Crippen LogP contribution in [0.15, 0.2) is 30.3 Å². The van der Waals surface area contributed by atoms with Gasteiger partial charge in [0.25, 0.3) is 0 Å². The van der Waals surface area contributed by atoms with Crippen LogP contribution in [0.1, 0.15) is 57.1 Å². The Morgan fingerprint density at radius 3 is 2.58 bits per heavy atom. The van der Waals surface area contributed by atoms with Gasteiger partial charge in [-0.2, -0.15) is 0 Å². The molecule has 3 rings (SSSR count). The molecule has 2 saturated carbocycles. The van der Waals surface area contributed by atoms with E-state index < -0.39 is 0 Å². The molecule has 0 spiro atoms. The Balaban J connectivity index is 1.48. The molecular formula is C20H31N3O. The Labute approximate surface area is 145 Å². The van der Waals surface area contributed by atoms with E-state index in [1.54, 1.807) is 0 Å². The Hall–Kier alpha value is -1.39. The highest BCUT2D eigenvalue weighted by Crippen LogP contribution is 2.32. The third-order valence-corrected chi connectivity index (χ3v) is 5.42. The van der Waals surface area contributed by atoms with Crippen LogP contribution in [-0.4, -0.2) is 31.1 Å².